The Balaban J connectivity index is 2.20. The highest BCUT2D eigenvalue weighted by molar-refractivity contribution is 5.94. The maximum Gasteiger partial charge on any atom is 0.417 e. The number of morpholine rings is 1. The molecule has 0 aromatic heterocycles. The first-order chi connectivity index (χ1) is 14.5. The number of aromatic hydroxyl groups is 1. The molecule has 1 aliphatic heterocycles. The third-order valence-electron chi connectivity index (χ3n) is 4.71. The number of rotatable bonds is 3. The van der Waals surface area contributed by atoms with Gasteiger partial charge in [-0.15, -0.1) is 0 Å². The minimum absolute atomic E-state index is 0.0673. The standard InChI is InChI=1S/C21H17F6NO3/c22-20(23,24)17-6-4-15(13-2-1-3-14(29)12-13)16(19(17)21(25,26)27)5-7-18(30)28-8-10-31-11-9-28/h1-7,12,29H,8-11H2/b7-5+. The van der Waals surface area contributed by atoms with Crippen molar-refractivity contribution in [1.29, 1.82) is 0 Å². The van der Waals surface area contributed by atoms with Gasteiger partial charge < -0.3 is 14.7 Å². The third kappa shape index (κ3) is 5.19. The molecule has 0 atom stereocenters. The topological polar surface area (TPSA) is 49.8 Å². The van der Waals surface area contributed by atoms with Crippen molar-refractivity contribution in [2.45, 2.75) is 12.4 Å². The monoisotopic (exact) mass is 445 g/mol. The van der Waals surface area contributed by atoms with Crippen LogP contribution in [0.4, 0.5) is 26.3 Å². The molecule has 166 valence electrons. The summed E-state index contributed by atoms with van der Waals surface area (Å²) in [6.45, 7) is 0.950. The van der Waals surface area contributed by atoms with Crippen molar-refractivity contribution in [3.05, 3.63) is 59.2 Å². The Hall–Kier alpha value is -3.01. The molecule has 1 fully saturated rings. The summed E-state index contributed by atoms with van der Waals surface area (Å²) in [5.41, 5.74) is -4.70. The number of phenols is 1. The first kappa shape index (κ1) is 22.7. The van der Waals surface area contributed by atoms with Crippen LogP contribution in [0.3, 0.4) is 0 Å². The molecule has 31 heavy (non-hydrogen) atoms. The predicted octanol–water partition coefficient (Wildman–Crippen LogP) is 4.97. The van der Waals surface area contributed by atoms with E-state index in [0.29, 0.717) is 6.07 Å². The van der Waals surface area contributed by atoms with E-state index < -0.39 is 35.0 Å². The van der Waals surface area contributed by atoms with E-state index in [9.17, 15) is 36.2 Å². The Morgan fingerprint density at radius 2 is 1.68 bits per heavy atom. The highest BCUT2D eigenvalue weighted by atomic mass is 19.4. The minimum Gasteiger partial charge on any atom is -0.508 e. The van der Waals surface area contributed by atoms with Gasteiger partial charge in [0.05, 0.1) is 24.3 Å². The molecule has 2 aromatic rings. The fourth-order valence-corrected chi connectivity index (χ4v) is 3.30. The zero-order valence-electron chi connectivity index (χ0n) is 15.9. The number of hydrogen-bond donors (Lipinski definition) is 1. The van der Waals surface area contributed by atoms with Crippen LogP contribution in [0.5, 0.6) is 5.75 Å². The maximum atomic E-state index is 13.8. The fraction of sp³-hybridized carbons (Fsp3) is 0.286. The summed E-state index contributed by atoms with van der Waals surface area (Å²) >= 11 is 0. The summed E-state index contributed by atoms with van der Waals surface area (Å²) in [5, 5.41) is 9.67. The summed E-state index contributed by atoms with van der Waals surface area (Å²) in [6.07, 6.45) is -9.05. The Labute approximate surface area is 173 Å². The average Bonchev–Trinajstić information content (AvgIpc) is 2.70. The molecule has 3 rings (SSSR count). The van der Waals surface area contributed by atoms with E-state index in [2.05, 4.69) is 0 Å². The van der Waals surface area contributed by atoms with Gasteiger partial charge in [-0.25, -0.2) is 0 Å². The average molecular weight is 445 g/mol. The number of alkyl halides is 6. The molecule has 0 saturated carbocycles. The number of nitrogens with zero attached hydrogens (tertiary/aromatic N) is 1. The van der Waals surface area contributed by atoms with Gasteiger partial charge in [0.2, 0.25) is 5.91 Å². The zero-order valence-corrected chi connectivity index (χ0v) is 15.9. The van der Waals surface area contributed by atoms with E-state index in [-0.39, 0.29) is 43.2 Å². The van der Waals surface area contributed by atoms with E-state index in [1.807, 2.05) is 0 Å². The highest BCUT2D eigenvalue weighted by Gasteiger charge is 2.45. The van der Waals surface area contributed by atoms with Crippen LogP contribution in [-0.2, 0) is 21.9 Å². The van der Waals surface area contributed by atoms with Crippen LogP contribution in [0.1, 0.15) is 16.7 Å². The normalized spacial score (nSPS) is 15.5. The Kier molecular flexibility index (Phi) is 6.30. The smallest absolute Gasteiger partial charge is 0.417 e. The van der Waals surface area contributed by atoms with Crippen molar-refractivity contribution in [1.82, 2.24) is 4.90 Å². The van der Waals surface area contributed by atoms with Gasteiger partial charge in [-0.3, -0.25) is 4.79 Å². The molecular formula is C21H17F6NO3. The van der Waals surface area contributed by atoms with Crippen LogP contribution < -0.4 is 0 Å². The summed E-state index contributed by atoms with van der Waals surface area (Å²) < 4.78 is 86.7. The molecule has 4 nitrogen and oxygen atoms in total. The second kappa shape index (κ2) is 8.62. The summed E-state index contributed by atoms with van der Waals surface area (Å²) in [6, 6.07) is 6.35. The number of carbonyl (C=O) groups is 1. The van der Waals surface area contributed by atoms with Crippen LogP contribution in [0, 0.1) is 0 Å². The predicted molar refractivity (Wildman–Crippen MR) is 100.0 cm³/mol. The van der Waals surface area contributed by atoms with Crippen LogP contribution in [0.2, 0.25) is 0 Å². The molecule has 1 heterocycles. The van der Waals surface area contributed by atoms with Crippen LogP contribution in [0.25, 0.3) is 17.2 Å². The van der Waals surface area contributed by atoms with Gasteiger partial charge in [0.25, 0.3) is 0 Å². The maximum absolute atomic E-state index is 13.8. The lowest BCUT2D eigenvalue weighted by atomic mass is 9.90. The molecule has 2 aromatic carbocycles. The molecule has 0 unspecified atom stereocenters. The number of hydrogen-bond acceptors (Lipinski definition) is 3. The lowest BCUT2D eigenvalue weighted by Gasteiger charge is -2.25. The number of ether oxygens (including phenoxy) is 1. The highest BCUT2D eigenvalue weighted by Crippen LogP contribution is 2.45. The Bertz CT molecular complexity index is 992. The fourth-order valence-electron chi connectivity index (χ4n) is 3.30. The van der Waals surface area contributed by atoms with Crippen molar-refractivity contribution >= 4 is 12.0 Å². The Morgan fingerprint density at radius 1 is 1.00 bits per heavy atom. The van der Waals surface area contributed by atoms with Gasteiger partial charge in [-0.1, -0.05) is 18.2 Å². The molecule has 1 N–H and O–H groups in total. The molecule has 1 aliphatic rings. The van der Waals surface area contributed by atoms with Crippen molar-refractivity contribution in [2.75, 3.05) is 26.3 Å². The lowest BCUT2D eigenvalue weighted by molar-refractivity contribution is -0.162. The Morgan fingerprint density at radius 3 is 2.26 bits per heavy atom. The second-order valence-corrected chi connectivity index (χ2v) is 6.77. The van der Waals surface area contributed by atoms with Gasteiger partial charge >= 0.3 is 12.4 Å². The third-order valence-corrected chi connectivity index (χ3v) is 4.71. The van der Waals surface area contributed by atoms with Crippen molar-refractivity contribution < 1.29 is 41.0 Å². The molecule has 1 amide bonds. The van der Waals surface area contributed by atoms with Gasteiger partial charge in [-0.2, -0.15) is 26.3 Å². The second-order valence-electron chi connectivity index (χ2n) is 6.77. The first-order valence-corrected chi connectivity index (χ1v) is 9.14. The number of carbonyl (C=O) groups excluding carboxylic acids is 1. The van der Waals surface area contributed by atoms with E-state index in [1.165, 1.54) is 23.1 Å². The molecule has 0 spiro atoms. The van der Waals surface area contributed by atoms with Gasteiger partial charge in [0, 0.05) is 19.2 Å². The minimum atomic E-state index is -5.35. The summed E-state index contributed by atoms with van der Waals surface area (Å²) in [7, 11) is 0. The SMILES string of the molecule is O=C(/C=C/c1c(-c2cccc(O)c2)ccc(C(F)(F)F)c1C(F)(F)F)N1CCOCC1. The van der Waals surface area contributed by atoms with E-state index in [4.69, 9.17) is 4.74 Å². The van der Waals surface area contributed by atoms with Crippen molar-refractivity contribution in [3.63, 3.8) is 0 Å². The molecule has 0 bridgehead atoms. The number of benzene rings is 2. The summed E-state index contributed by atoms with van der Waals surface area (Å²) in [4.78, 5) is 13.7. The molecule has 0 aliphatic carbocycles. The lowest BCUT2D eigenvalue weighted by Crippen LogP contribution is -2.39. The van der Waals surface area contributed by atoms with E-state index >= 15 is 0 Å². The molecule has 10 heteroatoms. The quantitative estimate of drug-likeness (QED) is 0.536. The van der Waals surface area contributed by atoms with Crippen molar-refractivity contribution in [2.24, 2.45) is 0 Å². The zero-order chi connectivity index (χ0) is 22.8. The molecule has 1 saturated heterocycles. The number of phenolic OH excluding ortho intramolecular Hbond substituents is 1. The van der Waals surface area contributed by atoms with Crippen LogP contribution >= 0.6 is 0 Å². The largest absolute Gasteiger partial charge is 0.508 e. The van der Waals surface area contributed by atoms with Crippen molar-refractivity contribution in [3.8, 4) is 16.9 Å². The van der Waals surface area contributed by atoms with E-state index in [1.54, 1.807) is 0 Å². The summed E-state index contributed by atoms with van der Waals surface area (Å²) in [5.74, 6) is -0.916. The molecule has 0 radical (unpaired) electrons. The van der Waals surface area contributed by atoms with Gasteiger partial charge in [-0.05, 0) is 41.0 Å². The number of halogens is 6. The van der Waals surface area contributed by atoms with Crippen LogP contribution in [0.15, 0.2) is 42.5 Å². The van der Waals surface area contributed by atoms with Gasteiger partial charge in [0.1, 0.15) is 5.75 Å². The van der Waals surface area contributed by atoms with Gasteiger partial charge in [0.15, 0.2) is 0 Å². The van der Waals surface area contributed by atoms with E-state index in [0.717, 1.165) is 24.3 Å². The number of amides is 1. The first-order valence-electron chi connectivity index (χ1n) is 9.14. The molecular weight excluding hydrogens is 428 g/mol. The van der Waals surface area contributed by atoms with Crippen LogP contribution in [-0.4, -0.2) is 42.2 Å².